The third-order valence-electron chi connectivity index (χ3n) is 4.15. The van der Waals surface area contributed by atoms with Gasteiger partial charge in [-0.05, 0) is 49.1 Å². The molecule has 1 amide bonds. The summed E-state index contributed by atoms with van der Waals surface area (Å²) in [6.07, 6.45) is 4.81. The fraction of sp³-hybridized carbons (Fsp3) is 0.500. The molecule has 18 heavy (non-hydrogen) atoms. The van der Waals surface area contributed by atoms with Gasteiger partial charge in [-0.2, -0.15) is 0 Å². The van der Waals surface area contributed by atoms with Crippen LogP contribution in [0.5, 0.6) is 0 Å². The molecule has 96 valence electrons. The Hall–Kier alpha value is -1.39. The van der Waals surface area contributed by atoms with Crippen LogP contribution in [0.1, 0.15) is 46.8 Å². The van der Waals surface area contributed by atoms with E-state index < -0.39 is 5.91 Å². The molecule has 0 bridgehead atoms. The highest BCUT2D eigenvalue weighted by molar-refractivity contribution is 5.93. The van der Waals surface area contributed by atoms with Crippen molar-refractivity contribution < 1.29 is 10.0 Å². The van der Waals surface area contributed by atoms with Crippen LogP contribution in [-0.4, -0.2) is 29.1 Å². The molecule has 2 aliphatic rings. The van der Waals surface area contributed by atoms with E-state index in [-0.39, 0.29) is 0 Å². The molecule has 1 aromatic rings. The number of fused-ring (bicyclic) bond motifs is 3. The van der Waals surface area contributed by atoms with Crippen LogP contribution in [0.2, 0.25) is 0 Å². The van der Waals surface area contributed by atoms with Gasteiger partial charge < -0.3 is 0 Å². The Morgan fingerprint density at radius 3 is 3.06 bits per heavy atom. The highest BCUT2D eigenvalue weighted by Gasteiger charge is 2.29. The Morgan fingerprint density at radius 1 is 1.33 bits per heavy atom. The van der Waals surface area contributed by atoms with Crippen LogP contribution >= 0.6 is 0 Å². The molecule has 2 N–H and O–H groups in total. The Balaban J connectivity index is 1.93. The third-order valence-corrected chi connectivity index (χ3v) is 4.15. The van der Waals surface area contributed by atoms with Gasteiger partial charge >= 0.3 is 0 Å². The molecule has 0 unspecified atom stereocenters. The van der Waals surface area contributed by atoms with E-state index in [1.807, 2.05) is 12.1 Å². The summed E-state index contributed by atoms with van der Waals surface area (Å²) in [5.74, 6) is -0.427. The molecule has 0 radical (unpaired) electrons. The lowest BCUT2D eigenvalue weighted by Crippen LogP contribution is -2.38. The number of benzene rings is 1. The summed E-state index contributed by atoms with van der Waals surface area (Å²) in [5, 5.41) is 8.67. The highest BCUT2D eigenvalue weighted by atomic mass is 16.5. The quantitative estimate of drug-likeness (QED) is 0.587. The predicted molar refractivity (Wildman–Crippen MR) is 67.6 cm³/mol. The molecule has 4 heteroatoms. The van der Waals surface area contributed by atoms with Crippen LogP contribution in [0.3, 0.4) is 0 Å². The average molecular weight is 246 g/mol. The first-order valence-electron chi connectivity index (χ1n) is 6.61. The lowest BCUT2D eigenvalue weighted by Gasteiger charge is -2.40. The number of hydroxylamine groups is 1. The summed E-state index contributed by atoms with van der Waals surface area (Å²) in [6, 6.07) is 6.32. The SMILES string of the molecule is O=C(NO)c1ccc2c(c1)CCN1CCCC[C@H]21. The number of nitrogens with one attached hydrogen (secondary N) is 1. The van der Waals surface area contributed by atoms with E-state index in [9.17, 15) is 4.79 Å². The van der Waals surface area contributed by atoms with Gasteiger partial charge in [-0.15, -0.1) is 0 Å². The molecule has 1 atom stereocenters. The molecule has 0 aromatic heterocycles. The van der Waals surface area contributed by atoms with E-state index in [1.165, 1.54) is 36.9 Å². The van der Waals surface area contributed by atoms with Crippen LogP contribution in [0.25, 0.3) is 0 Å². The summed E-state index contributed by atoms with van der Waals surface area (Å²) in [7, 11) is 0. The minimum absolute atomic E-state index is 0.427. The number of hydrogen-bond donors (Lipinski definition) is 2. The number of piperidine rings is 1. The second-order valence-electron chi connectivity index (χ2n) is 5.15. The maximum atomic E-state index is 11.4. The second kappa shape index (κ2) is 4.71. The van der Waals surface area contributed by atoms with E-state index in [4.69, 9.17) is 5.21 Å². The Bertz CT molecular complexity index is 473. The lowest BCUT2D eigenvalue weighted by atomic mass is 9.86. The number of hydrogen-bond acceptors (Lipinski definition) is 3. The van der Waals surface area contributed by atoms with Crippen molar-refractivity contribution in [3.8, 4) is 0 Å². The number of carbonyl (C=O) groups excluding carboxylic acids is 1. The summed E-state index contributed by atoms with van der Waals surface area (Å²) in [4.78, 5) is 14.0. The zero-order valence-corrected chi connectivity index (χ0v) is 10.4. The average Bonchev–Trinajstić information content (AvgIpc) is 2.45. The molecular formula is C14H18N2O2. The molecule has 1 aromatic carbocycles. The highest BCUT2D eigenvalue weighted by Crippen LogP contribution is 2.36. The van der Waals surface area contributed by atoms with Crippen molar-refractivity contribution >= 4 is 5.91 Å². The van der Waals surface area contributed by atoms with Gasteiger partial charge in [0.15, 0.2) is 0 Å². The molecule has 0 spiro atoms. The van der Waals surface area contributed by atoms with Crippen molar-refractivity contribution in [3.63, 3.8) is 0 Å². The number of nitrogens with zero attached hydrogens (tertiary/aromatic N) is 1. The summed E-state index contributed by atoms with van der Waals surface area (Å²) < 4.78 is 0. The van der Waals surface area contributed by atoms with Crippen molar-refractivity contribution in [1.29, 1.82) is 0 Å². The molecule has 1 fully saturated rings. The topological polar surface area (TPSA) is 52.6 Å². The number of rotatable bonds is 1. The molecule has 1 saturated heterocycles. The van der Waals surface area contributed by atoms with Gasteiger partial charge in [-0.1, -0.05) is 12.5 Å². The van der Waals surface area contributed by atoms with E-state index in [0.717, 1.165) is 13.0 Å². The van der Waals surface area contributed by atoms with Crippen molar-refractivity contribution in [2.24, 2.45) is 0 Å². The fourth-order valence-corrected chi connectivity index (χ4v) is 3.23. The first-order chi connectivity index (χ1) is 8.79. The van der Waals surface area contributed by atoms with E-state index >= 15 is 0 Å². The Morgan fingerprint density at radius 2 is 2.22 bits per heavy atom. The zero-order valence-electron chi connectivity index (χ0n) is 10.4. The molecule has 2 heterocycles. The number of carbonyl (C=O) groups is 1. The van der Waals surface area contributed by atoms with Crippen LogP contribution in [0, 0.1) is 0 Å². The molecule has 4 nitrogen and oxygen atoms in total. The van der Waals surface area contributed by atoms with Gasteiger partial charge in [0.25, 0.3) is 5.91 Å². The van der Waals surface area contributed by atoms with Crippen LogP contribution < -0.4 is 5.48 Å². The van der Waals surface area contributed by atoms with Gasteiger partial charge in [-0.25, -0.2) is 5.48 Å². The Labute approximate surface area is 107 Å². The number of amides is 1. The minimum atomic E-state index is -0.427. The molecular weight excluding hydrogens is 228 g/mol. The van der Waals surface area contributed by atoms with Crippen molar-refractivity contribution in [1.82, 2.24) is 10.4 Å². The van der Waals surface area contributed by atoms with E-state index in [0.29, 0.717) is 11.6 Å². The van der Waals surface area contributed by atoms with Gasteiger partial charge in [0.2, 0.25) is 0 Å². The maximum absolute atomic E-state index is 11.4. The standard InChI is InChI=1S/C14H18N2O2/c17-14(15-18)11-4-5-12-10(9-11)6-8-16-7-2-1-3-13(12)16/h4-5,9,13,18H,1-3,6-8H2,(H,15,17)/t13-/m1/s1. The van der Waals surface area contributed by atoms with Gasteiger partial charge in [-0.3, -0.25) is 14.9 Å². The molecule has 2 aliphatic heterocycles. The largest absolute Gasteiger partial charge is 0.296 e. The Kier molecular flexibility index (Phi) is 3.06. The van der Waals surface area contributed by atoms with Gasteiger partial charge in [0, 0.05) is 18.2 Å². The summed E-state index contributed by atoms with van der Waals surface area (Å²) in [5.41, 5.74) is 4.87. The van der Waals surface area contributed by atoms with Crippen molar-refractivity contribution in [2.45, 2.75) is 31.7 Å². The summed E-state index contributed by atoms with van der Waals surface area (Å²) in [6.45, 7) is 2.28. The van der Waals surface area contributed by atoms with Gasteiger partial charge in [0.05, 0.1) is 0 Å². The van der Waals surface area contributed by atoms with E-state index in [2.05, 4.69) is 11.0 Å². The van der Waals surface area contributed by atoms with Crippen LogP contribution in [0.15, 0.2) is 18.2 Å². The summed E-state index contributed by atoms with van der Waals surface area (Å²) >= 11 is 0. The van der Waals surface area contributed by atoms with Crippen molar-refractivity contribution in [2.75, 3.05) is 13.1 Å². The van der Waals surface area contributed by atoms with Crippen molar-refractivity contribution in [3.05, 3.63) is 34.9 Å². The lowest BCUT2D eigenvalue weighted by molar-refractivity contribution is 0.0706. The van der Waals surface area contributed by atoms with Gasteiger partial charge in [0.1, 0.15) is 0 Å². The van der Waals surface area contributed by atoms with Crippen LogP contribution in [-0.2, 0) is 6.42 Å². The molecule has 3 rings (SSSR count). The zero-order chi connectivity index (χ0) is 12.5. The predicted octanol–water partition coefficient (Wildman–Crippen LogP) is 1.89. The first-order valence-corrected chi connectivity index (χ1v) is 6.61. The first kappa shape index (κ1) is 11.7. The maximum Gasteiger partial charge on any atom is 0.274 e. The third kappa shape index (κ3) is 1.91. The van der Waals surface area contributed by atoms with Crippen LogP contribution in [0.4, 0.5) is 0 Å². The fourth-order valence-electron chi connectivity index (χ4n) is 3.23. The molecule has 0 saturated carbocycles. The minimum Gasteiger partial charge on any atom is -0.296 e. The monoisotopic (exact) mass is 246 g/mol. The normalized spacial score (nSPS) is 23.1. The smallest absolute Gasteiger partial charge is 0.274 e. The second-order valence-corrected chi connectivity index (χ2v) is 5.15. The molecule has 0 aliphatic carbocycles. The van der Waals surface area contributed by atoms with E-state index in [1.54, 1.807) is 5.48 Å².